The van der Waals surface area contributed by atoms with Crippen molar-refractivity contribution in [2.45, 2.75) is 6.92 Å². The zero-order valence-electron chi connectivity index (χ0n) is 10.1. The van der Waals surface area contributed by atoms with Gasteiger partial charge in [-0.3, -0.25) is 4.79 Å². The highest BCUT2D eigenvalue weighted by molar-refractivity contribution is 6.42. The molecule has 5 nitrogen and oxygen atoms in total. The second-order valence-corrected chi connectivity index (χ2v) is 3.53. The van der Waals surface area contributed by atoms with Crippen molar-refractivity contribution in [1.29, 1.82) is 0 Å². The van der Waals surface area contributed by atoms with Crippen LogP contribution in [0.25, 0.3) is 11.0 Å². The fourth-order valence-electron chi connectivity index (χ4n) is 1.70. The van der Waals surface area contributed by atoms with Crippen molar-refractivity contribution in [3.8, 4) is 5.75 Å². The Bertz CT molecular complexity index is 596. The van der Waals surface area contributed by atoms with Crippen molar-refractivity contribution in [1.82, 2.24) is 0 Å². The van der Waals surface area contributed by atoms with E-state index in [0.717, 1.165) is 0 Å². The van der Waals surface area contributed by atoms with E-state index in [1.165, 1.54) is 19.4 Å². The summed E-state index contributed by atoms with van der Waals surface area (Å²) in [5, 5.41) is 0.535. The van der Waals surface area contributed by atoms with E-state index in [-0.39, 0.29) is 12.2 Å². The molecule has 0 aliphatic heterocycles. The number of ether oxygens (including phenoxy) is 2. The highest BCUT2D eigenvalue weighted by Gasteiger charge is 2.22. The average molecular weight is 248 g/mol. The molecule has 1 heterocycles. The number of fused-ring (bicyclic) bond motifs is 1. The van der Waals surface area contributed by atoms with Crippen LogP contribution < -0.4 is 4.74 Å². The van der Waals surface area contributed by atoms with Crippen molar-refractivity contribution in [2.75, 3.05) is 13.7 Å². The van der Waals surface area contributed by atoms with E-state index in [9.17, 15) is 9.59 Å². The number of rotatable bonds is 4. The van der Waals surface area contributed by atoms with E-state index in [4.69, 9.17) is 9.15 Å². The summed E-state index contributed by atoms with van der Waals surface area (Å²) < 4.78 is 15.0. The standard InChI is InChI=1S/C13H12O5/c1-3-17-13(15)11(14)8-4-5-10(16-2)12-9(8)6-7-18-12/h4-7H,3H2,1-2H3. The molecule has 1 aromatic carbocycles. The van der Waals surface area contributed by atoms with Crippen LogP contribution in [0.1, 0.15) is 17.3 Å². The number of carbonyl (C=O) groups excluding carboxylic acids is 2. The molecule has 0 fully saturated rings. The number of hydrogen-bond donors (Lipinski definition) is 0. The lowest BCUT2D eigenvalue weighted by Crippen LogP contribution is -2.17. The maximum Gasteiger partial charge on any atom is 0.379 e. The molecule has 0 N–H and O–H groups in total. The summed E-state index contributed by atoms with van der Waals surface area (Å²) in [5.74, 6) is -1.05. The molecule has 18 heavy (non-hydrogen) atoms. The maximum absolute atomic E-state index is 11.9. The summed E-state index contributed by atoms with van der Waals surface area (Å²) in [6, 6.07) is 4.72. The summed E-state index contributed by atoms with van der Waals surface area (Å²) in [4.78, 5) is 23.3. The van der Waals surface area contributed by atoms with Gasteiger partial charge in [-0.2, -0.15) is 0 Å². The lowest BCUT2D eigenvalue weighted by Gasteiger charge is -2.05. The Morgan fingerprint density at radius 3 is 2.72 bits per heavy atom. The molecule has 2 rings (SSSR count). The summed E-state index contributed by atoms with van der Waals surface area (Å²) >= 11 is 0. The zero-order valence-corrected chi connectivity index (χ0v) is 10.1. The van der Waals surface area contributed by atoms with Gasteiger partial charge in [0.1, 0.15) is 0 Å². The van der Waals surface area contributed by atoms with Crippen molar-refractivity contribution in [3.05, 3.63) is 30.0 Å². The molecule has 0 radical (unpaired) electrons. The molecule has 0 saturated heterocycles. The van der Waals surface area contributed by atoms with E-state index < -0.39 is 11.8 Å². The average Bonchev–Trinajstić information content (AvgIpc) is 2.86. The summed E-state index contributed by atoms with van der Waals surface area (Å²) in [6.45, 7) is 1.81. The number of Topliss-reactive ketones (excluding diaryl/α,β-unsaturated/α-hetero) is 1. The third-order valence-electron chi connectivity index (χ3n) is 2.51. The molecule has 0 aliphatic carbocycles. The van der Waals surface area contributed by atoms with Gasteiger partial charge in [0.2, 0.25) is 0 Å². The summed E-state index contributed by atoms with van der Waals surface area (Å²) in [7, 11) is 1.50. The molecule has 94 valence electrons. The van der Waals surface area contributed by atoms with Crippen molar-refractivity contribution < 1.29 is 23.5 Å². The molecule has 5 heteroatoms. The molecule has 0 amide bonds. The SMILES string of the molecule is CCOC(=O)C(=O)c1ccc(OC)c2occc12. The third kappa shape index (κ3) is 1.95. The van der Waals surface area contributed by atoms with Gasteiger partial charge >= 0.3 is 5.97 Å². The minimum atomic E-state index is -0.870. The second-order valence-electron chi connectivity index (χ2n) is 3.53. The van der Waals surface area contributed by atoms with E-state index in [1.807, 2.05) is 0 Å². The van der Waals surface area contributed by atoms with Gasteiger partial charge in [-0.15, -0.1) is 0 Å². The Kier molecular flexibility index (Phi) is 3.32. The number of benzene rings is 1. The van der Waals surface area contributed by atoms with Crippen LogP contribution in [0.4, 0.5) is 0 Å². The number of carbonyl (C=O) groups is 2. The second kappa shape index (κ2) is 4.91. The molecular weight excluding hydrogens is 236 g/mol. The van der Waals surface area contributed by atoms with E-state index in [2.05, 4.69) is 4.74 Å². The minimum Gasteiger partial charge on any atom is -0.493 e. The van der Waals surface area contributed by atoms with Gasteiger partial charge in [-0.05, 0) is 25.1 Å². The quantitative estimate of drug-likeness (QED) is 0.471. The van der Waals surface area contributed by atoms with E-state index in [0.29, 0.717) is 16.7 Å². The van der Waals surface area contributed by atoms with Crippen molar-refractivity contribution in [3.63, 3.8) is 0 Å². The van der Waals surface area contributed by atoms with Crippen LogP contribution in [-0.4, -0.2) is 25.5 Å². The van der Waals surface area contributed by atoms with Crippen LogP contribution >= 0.6 is 0 Å². The van der Waals surface area contributed by atoms with Crippen LogP contribution in [0.5, 0.6) is 5.75 Å². The number of hydrogen-bond acceptors (Lipinski definition) is 5. The van der Waals surface area contributed by atoms with Crippen LogP contribution in [0.15, 0.2) is 28.9 Å². The highest BCUT2D eigenvalue weighted by Crippen LogP contribution is 2.29. The predicted octanol–water partition coefficient (Wildman–Crippen LogP) is 2.19. The molecule has 0 spiro atoms. The Labute approximate surface area is 103 Å². The van der Waals surface area contributed by atoms with Gasteiger partial charge in [0, 0.05) is 10.9 Å². The molecular formula is C13H12O5. The Hall–Kier alpha value is -2.30. The normalized spacial score (nSPS) is 10.3. The summed E-state index contributed by atoms with van der Waals surface area (Å²) in [6.07, 6.45) is 1.44. The smallest absolute Gasteiger partial charge is 0.379 e. The first-order valence-corrected chi connectivity index (χ1v) is 5.44. The zero-order chi connectivity index (χ0) is 13.1. The molecule has 0 atom stereocenters. The molecule has 0 unspecified atom stereocenters. The monoisotopic (exact) mass is 248 g/mol. The Balaban J connectivity index is 2.49. The number of furan rings is 1. The largest absolute Gasteiger partial charge is 0.493 e. The fourth-order valence-corrected chi connectivity index (χ4v) is 1.70. The topological polar surface area (TPSA) is 65.7 Å². The van der Waals surface area contributed by atoms with E-state index >= 15 is 0 Å². The highest BCUT2D eigenvalue weighted by atomic mass is 16.5. The van der Waals surface area contributed by atoms with Crippen LogP contribution in [0.3, 0.4) is 0 Å². The number of ketones is 1. The van der Waals surface area contributed by atoms with Crippen LogP contribution in [-0.2, 0) is 9.53 Å². The maximum atomic E-state index is 11.9. The van der Waals surface area contributed by atoms with Gasteiger partial charge in [0.05, 0.1) is 20.0 Å². The number of methoxy groups -OCH3 is 1. The minimum absolute atomic E-state index is 0.162. The lowest BCUT2D eigenvalue weighted by molar-refractivity contribution is -0.137. The van der Waals surface area contributed by atoms with Gasteiger partial charge in [0.15, 0.2) is 11.3 Å². The van der Waals surface area contributed by atoms with Gasteiger partial charge in [0.25, 0.3) is 5.78 Å². The molecule has 0 aliphatic rings. The van der Waals surface area contributed by atoms with Gasteiger partial charge in [-0.25, -0.2) is 4.79 Å². The first kappa shape index (κ1) is 12.2. The first-order chi connectivity index (χ1) is 8.69. The van der Waals surface area contributed by atoms with Gasteiger partial charge in [-0.1, -0.05) is 0 Å². The summed E-state index contributed by atoms with van der Waals surface area (Å²) in [5.41, 5.74) is 0.686. The molecule has 0 bridgehead atoms. The predicted molar refractivity (Wildman–Crippen MR) is 63.7 cm³/mol. The molecule has 2 aromatic rings. The number of esters is 1. The fraction of sp³-hybridized carbons (Fsp3) is 0.231. The van der Waals surface area contributed by atoms with Crippen LogP contribution in [0, 0.1) is 0 Å². The first-order valence-electron chi connectivity index (χ1n) is 5.44. The van der Waals surface area contributed by atoms with Crippen molar-refractivity contribution >= 4 is 22.7 Å². The molecule has 1 aromatic heterocycles. The third-order valence-corrected chi connectivity index (χ3v) is 2.51. The van der Waals surface area contributed by atoms with Crippen molar-refractivity contribution in [2.24, 2.45) is 0 Å². The Morgan fingerprint density at radius 1 is 1.28 bits per heavy atom. The Morgan fingerprint density at radius 2 is 2.06 bits per heavy atom. The molecule has 0 saturated carbocycles. The van der Waals surface area contributed by atoms with Gasteiger partial charge < -0.3 is 13.9 Å². The van der Waals surface area contributed by atoms with E-state index in [1.54, 1.807) is 19.1 Å². The van der Waals surface area contributed by atoms with Crippen LogP contribution in [0.2, 0.25) is 0 Å². The lowest BCUT2D eigenvalue weighted by atomic mass is 10.1.